The van der Waals surface area contributed by atoms with Gasteiger partial charge in [-0.05, 0) is 18.2 Å². The number of rotatable bonds is 4. The molecule has 0 radical (unpaired) electrons. The van der Waals surface area contributed by atoms with Gasteiger partial charge >= 0.3 is 5.97 Å². The summed E-state index contributed by atoms with van der Waals surface area (Å²) in [6, 6.07) is 5.09. The van der Waals surface area contributed by atoms with E-state index in [-0.39, 0.29) is 11.3 Å². The molecule has 0 aliphatic rings. The van der Waals surface area contributed by atoms with E-state index in [1.807, 2.05) is 0 Å². The molecule has 1 aromatic carbocycles. The Balaban J connectivity index is 2.80. The van der Waals surface area contributed by atoms with E-state index in [9.17, 15) is 19.7 Å². The van der Waals surface area contributed by atoms with E-state index in [0.29, 0.717) is 0 Å². The summed E-state index contributed by atoms with van der Waals surface area (Å²) in [5.41, 5.74) is 0.161. The van der Waals surface area contributed by atoms with E-state index in [1.165, 1.54) is 31.4 Å². The van der Waals surface area contributed by atoms with Crippen LogP contribution in [0.1, 0.15) is 10.4 Å². The molecule has 0 aliphatic heterocycles. The van der Waals surface area contributed by atoms with Crippen LogP contribution < -0.4 is 0 Å². The summed E-state index contributed by atoms with van der Waals surface area (Å²) < 4.78 is 4.32. The van der Waals surface area contributed by atoms with E-state index >= 15 is 0 Å². The smallest absolute Gasteiger partial charge is 0.330 e. The van der Waals surface area contributed by atoms with Crippen molar-refractivity contribution in [1.29, 1.82) is 0 Å². The van der Waals surface area contributed by atoms with Gasteiger partial charge in [0.2, 0.25) is 0 Å². The van der Waals surface area contributed by atoms with Gasteiger partial charge in [0.25, 0.3) is 5.69 Å². The Kier molecular flexibility index (Phi) is 4.10. The van der Waals surface area contributed by atoms with Crippen molar-refractivity contribution in [2.75, 3.05) is 7.11 Å². The number of ether oxygens (including phenoxy) is 1. The first-order valence-electron chi connectivity index (χ1n) is 4.59. The highest BCUT2D eigenvalue weighted by Gasteiger charge is 2.07. The van der Waals surface area contributed by atoms with Crippen LogP contribution in [0.25, 0.3) is 0 Å². The van der Waals surface area contributed by atoms with Crippen molar-refractivity contribution in [3.05, 3.63) is 52.1 Å². The highest BCUT2D eigenvalue weighted by atomic mass is 16.6. The number of nitro benzene ring substituents is 1. The third-order valence-electron chi connectivity index (χ3n) is 1.93. The molecule has 0 saturated heterocycles. The fraction of sp³-hybridized carbons (Fsp3) is 0.0909. The van der Waals surface area contributed by atoms with Crippen molar-refractivity contribution >= 4 is 17.4 Å². The third-order valence-corrected chi connectivity index (χ3v) is 1.93. The number of carbonyl (C=O) groups is 2. The molecule has 17 heavy (non-hydrogen) atoms. The predicted molar refractivity (Wildman–Crippen MR) is 58.6 cm³/mol. The normalized spacial score (nSPS) is 10.2. The Hall–Kier alpha value is -2.50. The average molecular weight is 235 g/mol. The zero-order chi connectivity index (χ0) is 12.8. The standard InChI is InChI=1S/C11H9NO5/c1-17-11(14)7-6-10(13)8-2-4-9(5-3-8)12(15)16/h2-7H,1H3. The minimum atomic E-state index is -0.639. The molecule has 0 spiro atoms. The second-order valence-corrected chi connectivity index (χ2v) is 3.02. The summed E-state index contributed by atoms with van der Waals surface area (Å²) in [6.45, 7) is 0. The molecule has 0 unspecified atom stereocenters. The van der Waals surface area contributed by atoms with Gasteiger partial charge in [0, 0.05) is 23.8 Å². The quantitative estimate of drug-likeness (QED) is 0.259. The van der Waals surface area contributed by atoms with Crippen LogP contribution >= 0.6 is 0 Å². The molecule has 0 saturated carbocycles. The van der Waals surface area contributed by atoms with Crippen molar-refractivity contribution in [1.82, 2.24) is 0 Å². The number of nitrogens with zero attached hydrogens (tertiary/aromatic N) is 1. The minimum absolute atomic E-state index is 0.0986. The molecule has 1 rings (SSSR count). The van der Waals surface area contributed by atoms with Crippen molar-refractivity contribution in [2.45, 2.75) is 0 Å². The van der Waals surface area contributed by atoms with E-state index in [2.05, 4.69) is 4.74 Å². The molecule has 1 aromatic rings. The lowest BCUT2D eigenvalue weighted by Gasteiger charge is -1.95. The molecule has 0 N–H and O–H groups in total. The number of non-ortho nitro benzene ring substituents is 1. The van der Waals surface area contributed by atoms with Gasteiger partial charge in [-0.15, -0.1) is 0 Å². The van der Waals surface area contributed by atoms with Gasteiger partial charge in [0.15, 0.2) is 5.78 Å². The monoisotopic (exact) mass is 235 g/mol. The molecular formula is C11H9NO5. The maximum Gasteiger partial charge on any atom is 0.330 e. The average Bonchev–Trinajstić information content (AvgIpc) is 2.35. The summed E-state index contributed by atoms with van der Waals surface area (Å²) in [4.78, 5) is 32.0. The first kappa shape index (κ1) is 12.6. The number of hydrogen-bond acceptors (Lipinski definition) is 5. The van der Waals surface area contributed by atoms with Crippen LogP contribution in [0.2, 0.25) is 0 Å². The Bertz CT molecular complexity index is 475. The van der Waals surface area contributed by atoms with Gasteiger partial charge in [-0.2, -0.15) is 0 Å². The van der Waals surface area contributed by atoms with Gasteiger partial charge in [0.05, 0.1) is 12.0 Å². The zero-order valence-corrected chi connectivity index (χ0v) is 8.95. The lowest BCUT2D eigenvalue weighted by molar-refractivity contribution is -0.384. The van der Waals surface area contributed by atoms with Gasteiger partial charge < -0.3 is 4.74 Å². The predicted octanol–water partition coefficient (Wildman–Crippen LogP) is 1.51. The fourth-order valence-electron chi connectivity index (χ4n) is 1.06. The largest absolute Gasteiger partial charge is 0.466 e. The molecule has 88 valence electrons. The maximum atomic E-state index is 11.5. The van der Waals surface area contributed by atoms with Crippen LogP contribution in [0.15, 0.2) is 36.4 Å². The highest BCUT2D eigenvalue weighted by Crippen LogP contribution is 2.12. The summed E-state index contributed by atoms with van der Waals surface area (Å²) in [7, 11) is 1.20. The molecule has 0 bridgehead atoms. The Labute approximate surface area is 96.7 Å². The second kappa shape index (κ2) is 5.55. The SMILES string of the molecule is COC(=O)C=CC(=O)c1ccc([N+](=O)[O-])cc1. The highest BCUT2D eigenvalue weighted by molar-refractivity contribution is 6.07. The van der Waals surface area contributed by atoms with Gasteiger partial charge in [-0.3, -0.25) is 14.9 Å². The van der Waals surface area contributed by atoms with Crippen molar-refractivity contribution in [3.63, 3.8) is 0 Å². The molecular weight excluding hydrogens is 226 g/mol. The van der Waals surface area contributed by atoms with Crippen molar-refractivity contribution < 1.29 is 19.2 Å². The Morgan fingerprint density at radius 2 is 1.82 bits per heavy atom. The van der Waals surface area contributed by atoms with Crippen molar-refractivity contribution in [2.24, 2.45) is 0 Å². The van der Waals surface area contributed by atoms with E-state index in [1.54, 1.807) is 0 Å². The molecule has 6 heteroatoms. The second-order valence-electron chi connectivity index (χ2n) is 3.02. The Morgan fingerprint density at radius 3 is 2.29 bits per heavy atom. The number of ketones is 1. The number of methoxy groups -OCH3 is 1. The summed E-state index contributed by atoms with van der Waals surface area (Å²) in [6.07, 6.45) is 2.04. The Morgan fingerprint density at radius 1 is 1.24 bits per heavy atom. The van der Waals surface area contributed by atoms with Gasteiger partial charge in [-0.25, -0.2) is 4.79 Å². The number of allylic oxidation sites excluding steroid dienone is 1. The maximum absolute atomic E-state index is 11.5. The van der Waals surface area contributed by atoms with Crippen LogP contribution in [0.5, 0.6) is 0 Å². The molecule has 6 nitrogen and oxygen atoms in total. The zero-order valence-electron chi connectivity index (χ0n) is 8.95. The van der Waals surface area contributed by atoms with E-state index in [0.717, 1.165) is 12.2 Å². The lowest BCUT2D eigenvalue weighted by atomic mass is 10.1. The third kappa shape index (κ3) is 3.53. The van der Waals surface area contributed by atoms with Crippen LogP contribution in [-0.4, -0.2) is 23.8 Å². The summed E-state index contributed by atoms with van der Waals surface area (Å²) >= 11 is 0. The number of hydrogen-bond donors (Lipinski definition) is 0. The van der Waals surface area contributed by atoms with Crippen molar-refractivity contribution in [3.8, 4) is 0 Å². The molecule has 0 aromatic heterocycles. The molecule has 0 fully saturated rings. The number of benzene rings is 1. The summed E-state index contributed by atoms with van der Waals surface area (Å²) in [5.74, 6) is -1.06. The number of esters is 1. The summed E-state index contributed by atoms with van der Waals surface area (Å²) in [5, 5.41) is 10.4. The van der Waals surface area contributed by atoms with Crippen LogP contribution in [0.3, 0.4) is 0 Å². The van der Waals surface area contributed by atoms with Crippen LogP contribution in [0, 0.1) is 10.1 Å². The van der Waals surface area contributed by atoms with Gasteiger partial charge in [0.1, 0.15) is 0 Å². The first-order valence-corrected chi connectivity index (χ1v) is 4.59. The van der Waals surface area contributed by atoms with E-state index in [4.69, 9.17) is 0 Å². The number of carbonyl (C=O) groups excluding carboxylic acids is 2. The van der Waals surface area contributed by atoms with Crippen LogP contribution in [0.4, 0.5) is 5.69 Å². The molecule has 0 heterocycles. The lowest BCUT2D eigenvalue weighted by Crippen LogP contribution is -1.99. The molecule has 0 atom stereocenters. The topological polar surface area (TPSA) is 86.5 Å². The molecule has 0 amide bonds. The van der Waals surface area contributed by atoms with E-state index < -0.39 is 16.7 Å². The fourth-order valence-corrected chi connectivity index (χ4v) is 1.06. The van der Waals surface area contributed by atoms with Crippen LogP contribution in [-0.2, 0) is 9.53 Å². The first-order chi connectivity index (χ1) is 8.04. The number of nitro groups is 1. The molecule has 0 aliphatic carbocycles. The minimum Gasteiger partial charge on any atom is -0.466 e. The van der Waals surface area contributed by atoms with Gasteiger partial charge in [-0.1, -0.05) is 0 Å².